The molecule has 0 atom stereocenters. The Hall–Kier alpha value is -4.36. The zero-order valence-electron chi connectivity index (χ0n) is 40.6. The summed E-state index contributed by atoms with van der Waals surface area (Å²) in [5.41, 5.74) is 9.00. The SMILES string of the molecule is CCCC(=O)NC(C)(C)C.CN(C)CCOc1ccnc(-c2cc(Cl)c3c(n2)CCC3)c1.CN(C)CCOc1ccnc(-c2cc(N(C)CC(=O)CC(C)(C)C)c3c(n2)CCC3)c1.Cl. The largest absolute Gasteiger partial charge is 0.492 e. The molecule has 14 heteroatoms. The first-order chi connectivity index (χ1) is 29.7. The first-order valence-electron chi connectivity index (χ1n) is 22.4. The quantitative estimate of drug-likeness (QED) is 0.116. The van der Waals surface area contributed by atoms with Gasteiger partial charge < -0.3 is 29.5 Å². The highest BCUT2D eigenvalue weighted by Crippen LogP contribution is 2.35. The highest BCUT2D eigenvalue weighted by atomic mass is 35.5. The average molecular weight is 922 g/mol. The number of likely N-dealkylation sites (N-methyl/N-ethyl adjacent to an activating group) is 3. The van der Waals surface area contributed by atoms with Crippen molar-refractivity contribution in [2.24, 2.45) is 5.41 Å². The number of carbonyl (C=O) groups excluding carboxylic acids is 2. The molecule has 1 amide bonds. The van der Waals surface area contributed by atoms with E-state index >= 15 is 0 Å². The number of rotatable bonds is 16. The Bertz CT molecular complexity index is 2120. The van der Waals surface area contributed by atoms with Gasteiger partial charge in [-0.15, -0.1) is 12.4 Å². The lowest BCUT2D eigenvalue weighted by molar-refractivity contribution is -0.122. The van der Waals surface area contributed by atoms with Crippen LogP contribution in [0.4, 0.5) is 5.69 Å². The molecule has 6 rings (SSSR count). The number of aryl methyl sites for hydroxylation is 2. The summed E-state index contributed by atoms with van der Waals surface area (Å²) in [5, 5.41) is 3.69. The first kappa shape index (κ1) is 54.0. The van der Waals surface area contributed by atoms with Crippen LogP contribution in [0, 0.1) is 5.41 Å². The summed E-state index contributed by atoms with van der Waals surface area (Å²) in [6.07, 6.45) is 11.9. The second kappa shape index (κ2) is 25.4. The highest BCUT2D eigenvalue weighted by molar-refractivity contribution is 6.31. The lowest BCUT2D eigenvalue weighted by Gasteiger charge is -2.24. The number of halogens is 2. The molecule has 0 unspecified atom stereocenters. The van der Waals surface area contributed by atoms with Crippen molar-refractivity contribution in [3.8, 4) is 34.3 Å². The maximum absolute atomic E-state index is 12.6. The number of hydrogen-bond donors (Lipinski definition) is 1. The summed E-state index contributed by atoms with van der Waals surface area (Å²) in [6.45, 7) is 17.7. The van der Waals surface area contributed by atoms with Gasteiger partial charge >= 0.3 is 0 Å². The minimum Gasteiger partial charge on any atom is -0.492 e. The van der Waals surface area contributed by atoms with Crippen molar-refractivity contribution < 1.29 is 19.1 Å². The van der Waals surface area contributed by atoms with Crippen LogP contribution < -0.4 is 19.7 Å². The van der Waals surface area contributed by atoms with Gasteiger partial charge in [-0.2, -0.15) is 0 Å². The number of fused-ring (bicyclic) bond motifs is 2. The molecule has 12 nitrogen and oxygen atoms in total. The molecular weight excluding hydrogens is 848 g/mol. The van der Waals surface area contributed by atoms with Crippen LogP contribution >= 0.6 is 24.0 Å². The predicted molar refractivity (Wildman–Crippen MR) is 264 cm³/mol. The molecule has 0 saturated carbocycles. The fourth-order valence-corrected chi connectivity index (χ4v) is 7.60. The Morgan fingerprint density at radius 3 is 1.70 bits per heavy atom. The number of carbonyl (C=O) groups is 2. The van der Waals surface area contributed by atoms with Crippen molar-refractivity contribution in [1.29, 1.82) is 0 Å². The summed E-state index contributed by atoms with van der Waals surface area (Å²) in [7, 11) is 10.1. The molecule has 64 heavy (non-hydrogen) atoms. The van der Waals surface area contributed by atoms with Gasteiger partial charge in [0.05, 0.1) is 29.3 Å². The summed E-state index contributed by atoms with van der Waals surface area (Å²) in [6, 6.07) is 11.6. The molecule has 352 valence electrons. The lowest BCUT2D eigenvalue weighted by atomic mass is 9.90. The first-order valence-corrected chi connectivity index (χ1v) is 22.8. The normalized spacial score (nSPS) is 12.9. The van der Waals surface area contributed by atoms with Crippen LogP contribution in [-0.4, -0.2) is 115 Å². The Morgan fingerprint density at radius 2 is 1.22 bits per heavy atom. The molecule has 0 bridgehead atoms. The second-order valence-electron chi connectivity index (χ2n) is 19.3. The van der Waals surface area contributed by atoms with E-state index in [1.54, 1.807) is 12.4 Å². The number of Topliss-reactive ketones (excluding diaryl/α,β-unsaturated/α-hetero) is 1. The smallest absolute Gasteiger partial charge is 0.220 e. The van der Waals surface area contributed by atoms with E-state index in [-0.39, 0.29) is 35.1 Å². The average Bonchev–Trinajstić information content (AvgIpc) is 3.87. The summed E-state index contributed by atoms with van der Waals surface area (Å²) < 4.78 is 11.6. The molecule has 2 aliphatic carbocycles. The summed E-state index contributed by atoms with van der Waals surface area (Å²) in [5.74, 6) is 2.01. The van der Waals surface area contributed by atoms with Gasteiger partial charge in [0.1, 0.15) is 24.7 Å². The minimum absolute atomic E-state index is 0. The molecule has 0 radical (unpaired) electrons. The zero-order chi connectivity index (χ0) is 46.3. The van der Waals surface area contributed by atoms with Crippen LogP contribution in [0.25, 0.3) is 22.8 Å². The van der Waals surface area contributed by atoms with Gasteiger partial charge in [0.15, 0.2) is 5.78 Å². The van der Waals surface area contributed by atoms with E-state index in [1.165, 1.54) is 11.1 Å². The topological polar surface area (TPSA) is 126 Å². The molecule has 4 heterocycles. The molecule has 1 N–H and O–H groups in total. The fraction of sp³-hybridized carbons (Fsp3) is 0.560. The van der Waals surface area contributed by atoms with E-state index in [1.807, 2.05) is 93.3 Å². The van der Waals surface area contributed by atoms with E-state index in [9.17, 15) is 9.59 Å². The van der Waals surface area contributed by atoms with Gasteiger partial charge in [-0.05, 0) is 135 Å². The number of nitrogens with zero attached hydrogens (tertiary/aromatic N) is 7. The molecule has 0 fully saturated rings. The van der Waals surface area contributed by atoms with Crippen molar-refractivity contribution in [2.75, 3.05) is 73.0 Å². The maximum atomic E-state index is 12.6. The van der Waals surface area contributed by atoms with Gasteiger partial charge in [0.2, 0.25) is 5.91 Å². The predicted octanol–water partition coefficient (Wildman–Crippen LogP) is 9.36. The van der Waals surface area contributed by atoms with Crippen molar-refractivity contribution in [3.63, 3.8) is 0 Å². The van der Waals surface area contributed by atoms with Crippen LogP contribution in [0.3, 0.4) is 0 Å². The highest BCUT2D eigenvalue weighted by Gasteiger charge is 2.24. The van der Waals surface area contributed by atoms with Crippen LogP contribution in [0.2, 0.25) is 5.02 Å². The van der Waals surface area contributed by atoms with Gasteiger partial charge in [-0.25, -0.2) is 0 Å². The lowest BCUT2D eigenvalue weighted by Crippen LogP contribution is -2.40. The molecule has 0 saturated heterocycles. The van der Waals surface area contributed by atoms with E-state index in [0.717, 1.165) is 114 Å². The number of aromatic nitrogens is 4. The van der Waals surface area contributed by atoms with E-state index in [2.05, 4.69) is 56.8 Å². The number of ketones is 1. The number of amides is 1. The van der Waals surface area contributed by atoms with Crippen LogP contribution in [-0.2, 0) is 35.3 Å². The number of nitrogens with one attached hydrogen (secondary N) is 1. The number of pyridine rings is 4. The molecular formula is C50H74Cl2N8O4. The fourth-order valence-electron chi connectivity index (χ4n) is 7.30. The molecule has 4 aromatic heterocycles. The Kier molecular flexibility index (Phi) is 21.4. The Balaban J connectivity index is 0.000000287. The Labute approximate surface area is 394 Å². The van der Waals surface area contributed by atoms with Gasteiger partial charge in [0, 0.05) is 85.1 Å². The third kappa shape index (κ3) is 18.3. The molecule has 0 spiro atoms. The third-order valence-electron chi connectivity index (χ3n) is 10.2. The van der Waals surface area contributed by atoms with E-state index in [0.29, 0.717) is 32.6 Å². The maximum Gasteiger partial charge on any atom is 0.220 e. The van der Waals surface area contributed by atoms with Gasteiger partial charge in [0.25, 0.3) is 0 Å². The molecule has 2 aliphatic rings. The van der Waals surface area contributed by atoms with Crippen LogP contribution in [0.5, 0.6) is 11.5 Å². The van der Waals surface area contributed by atoms with Gasteiger partial charge in [-0.3, -0.25) is 29.5 Å². The van der Waals surface area contributed by atoms with Crippen molar-refractivity contribution in [3.05, 3.63) is 76.3 Å². The van der Waals surface area contributed by atoms with Crippen LogP contribution in [0.15, 0.2) is 48.8 Å². The summed E-state index contributed by atoms with van der Waals surface area (Å²) in [4.78, 5) is 48.4. The number of hydrogen-bond acceptors (Lipinski definition) is 11. The van der Waals surface area contributed by atoms with Crippen molar-refractivity contribution in [1.82, 2.24) is 35.1 Å². The molecule has 0 aliphatic heterocycles. The van der Waals surface area contributed by atoms with E-state index in [4.69, 9.17) is 31.0 Å². The third-order valence-corrected chi connectivity index (χ3v) is 10.5. The molecule has 4 aromatic rings. The monoisotopic (exact) mass is 921 g/mol. The van der Waals surface area contributed by atoms with Crippen molar-refractivity contribution >= 4 is 41.4 Å². The summed E-state index contributed by atoms with van der Waals surface area (Å²) >= 11 is 6.38. The second-order valence-corrected chi connectivity index (χ2v) is 19.7. The van der Waals surface area contributed by atoms with Crippen LogP contribution in [0.1, 0.15) is 103 Å². The zero-order valence-corrected chi connectivity index (χ0v) is 42.1. The van der Waals surface area contributed by atoms with Gasteiger partial charge in [-0.1, -0.05) is 39.3 Å². The standard InChI is InChI=1S/C25H36N4O2.C17H20ClN3O.C8H17NO.ClH/c1-25(2,3)16-18(30)17-29(6)24-15-23(27-21-9-7-8-20(21)24)22-14-19(10-11-26-22)31-13-12-28(4)5;1-21(2)8-9-22-12-6-7-19-16(10-12)17-11-14(18)13-4-3-5-15(13)20-17;1-5-6-7(10)9-8(2,3)4;/h10-11,14-15H,7-9,12-13,16-17H2,1-6H3;6-7,10-11H,3-5,8-9H2,1-2H3;5-6H2,1-4H3,(H,9,10);1H. The minimum atomic E-state index is -0.0771. The van der Waals surface area contributed by atoms with E-state index < -0.39 is 0 Å². The van der Waals surface area contributed by atoms with Crippen molar-refractivity contribution in [2.45, 2.75) is 112 Å². The number of anilines is 1. The number of ether oxygens (including phenoxy) is 2. The Morgan fingerprint density at radius 1 is 0.719 bits per heavy atom. The molecule has 0 aromatic carbocycles.